The molecular formula is C12H23N3O2. The second-order valence-corrected chi connectivity index (χ2v) is 4.81. The summed E-state index contributed by atoms with van der Waals surface area (Å²) < 4.78 is 12.6. The van der Waals surface area contributed by atoms with Gasteiger partial charge in [-0.05, 0) is 19.8 Å². The minimum atomic E-state index is 0.206. The zero-order chi connectivity index (χ0) is 12.7. The van der Waals surface area contributed by atoms with Gasteiger partial charge in [0.1, 0.15) is 6.73 Å². The summed E-state index contributed by atoms with van der Waals surface area (Å²) in [5.74, 6) is 0.574. The third-order valence-electron chi connectivity index (χ3n) is 2.08. The average Bonchev–Trinajstić information content (AvgIpc) is 2.69. The first-order chi connectivity index (χ1) is 8.08. The van der Waals surface area contributed by atoms with E-state index in [0.717, 1.165) is 18.7 Å². The largest absolute Gasteiger partial charge is 0.381 e. The van der Waals surface area contributed by atoms with Gasteiger partial charge in [0, 0.05) is 13.0 Å². The normalized spacial score (nSPS) is 11.6. The van der Waals surface area contributed by atoms with Gasteiger partial charge in [-0.3, -0.25) is 0 Å². The number of hydrogen-bond donors (Lipinski definition) is 0. The summed E-state index contributed by atoms with van der Waals surface area (Å²) in [5.41, 5.74) is 0.945. The van der Waals surface area contributed by atoms with E-state index in [1.807, 2.05) is 20.0 Å². The Kier molecular flexibility index (Phi) is 6.15. The zero-order valence-electron chi connectivity index (χ0n) is 11.2. The van der Waals surface area contributed by atoms with Gasteiger partial charge >= 0.3 is 0 Å². The molecule has 0 amide bonds. The van der Waals surface area contributed by atoms with Crippen LogP contribution in [0.5, 0.6) is 0 Å². The van der Waals surface area contributed by atoms with Crippen molar-refractivity contribution in [1.29, 1.82) is 0 Å². The molecule has 0 aliphatic rings. The molecule has 5 nitrogen and oxygen atoms in total. The van der Waals surface area contributed by atoms with Crippen molar-refractivity contribution in [1.82, 2.24) is 15.0 Å². The standard InChI is InChI=1S/C12H23N3O2/c1-10(2)8-16-6-5-12-7-15(14-13-12)9-17-11(3)4/h7,10-11H,5-6,8-9H2,1-4H3. The molecule has 0 aliphatic heterocycles. The molecule has 0 aliphatic carbocycles. The van der Waals surface area contributed by atoms with Crippen LogP contribution in [0.1, 0.15) is 33.4 Å². The van der Waals surface area contributed by atoms with Gasteiger partial charge < -0.3 is 9.47 Å². The Morgan fingerprint density at radius 3 is 2.71 bits per heavy atom. The van der Waals surface area contributed by atoms with Crippen LogP contribution in [0, 0.1) is 5.92 Å². The number of nitrogens with zero attached hydrogens (tertiary/aromatic N) is 3. The highest BCUT2D eigenvalue weighted by molar-refractivity contribution is 4.91. The van der Waals surface area contributed by atoms with E-state index in [9.17, 15) is 0 Å². The van der Waals surface area contributed by atoms with Crippen LogP contribution in [0.3, 0.4) is 0 Å². The molecule has 1 rings (SSSR count). The van der Waals surface area contributed by atoms with Gasteiger partial charge in [-0.2, -0.15) is 0 Å². The lowest BCUT2D eigenvalue weighted by Crippen LogP contribution is -2.08. The fraction of sp³-hybridized carbons (Fsp3) is 0.833. The molecule has 0 atom stereocenters. The highest BCUT2D eigenvalue weighted by atomic mass is 16.5. The highest BCUT2D eigenvalue weighted by Crippen LogP contribution is 1.99. The summed E-state index contributed by atoms with van der Waals surface area (Å²) in [6.45, 7) is 10.2. The molecule has 0 spiro atoms. The average molecular weight is 241 g/mol. The van der Waals surface area contributed by atoms with Gasteiger partial charge in [0.05, 0.1) is 24.6 Å². The van der Waals surface area contributed by atoms with Gasteiger partial charge in [-0.25, -0.2) is 4.68 Å². The molecule has 98 valence electrons. The summed E-state index contributed by atoms with van der Waals surface area (Å²) in [6.07, 6.45) is 2.91. The Morgan fingerprint density at radius 1 is 1.29 bits per heavy atom. The second kappa shape index (κ2) is 7.40. The Balaban J connectivity index is 2.21. The van der Waals surface area contributed by atoms with Crippen molar-refractivity contribution in [2.45, 2.75) is 47.0 Å². The molecule has 0 fully saturated rings. The van der Waals surface area contributed by atoms with Crippen LogP contribution in [-0.2, 0) is 22.6 Å². The van der Waals surface area contributed by atoms with Crippen molar-refractivity contribution >= 4 is 0 Å². The summed E-state index contributed by atoms with van der Waals surface area (Å²) in [7, 11) is 0. The van der Waals surface area contributed by atoms with Crippen LogP contribution in [-0.4, -0.2) is 34.3 Å². The van der Waals surface area contributed by atoms with E-state index in [0.29, 0.717) is 19.3 Å². The smallest absolute Gasteiger partial charge is 0.141 e. The van der Waals surface area contributed by atoms with Crippen LogP contribution in [0.15, 0.2) is 6.20 Å². The zero-order valence-corrected chi connectivity index (χ0v) is 11.2. The molecule has 1 heterocycles. The van der Waals surface area contributed by atoms with E-state index >= 15 is 0 Å². The maximum atomic E-state index is 5.50. The van der Waals surface area contributed by atoms with Crippen LogP contribution < -0.4 is 0 Å². The first-order valence-corrected chi connectivity index (χ1v) is 6.16. The molecule has 1 aromatic rings. The number of rotatable bonds is 8. The summed E-state index contributed by atoms with van der Waals surface area (Å²) >= 11 is 0. The molecule has 0 radical (unpaired) electrons. The second-order valence-electron chi connectivity index (χ2n) is 4.81. The van der Waals surface area contributed by atoms with Crippen molar-refractivity contribution in [2.75, 3.05) is 13.2 Å². The first kappa shape index (κ1) is 14.1. The van der Waals surface area contributed by atoms with Crippen molar-refractivity contribution in [3.05, 3.63) is 11.9 Å². The maximum Gasteiger partial charge on any atom is 0.141 e. The van der Waals surface area contributed by atoms with E-state index in [1.54, 1.807) is 4.68 Å². The van der Waals surface area contributed by atoms with Crippen LogP contribution >= 0.6 is 0 Å². The summed E-state index contributed by atoms with van der Waals surface area (Å²) in [5, 5.41) is 8.05. The van der Waals surface area contributed by atoms with Gasteiger partial charge in [0.15, 0.2) is 0 Å². The van der Waals surface area contributed by atoms with Crippen molar-refractivity contribution in [2.24, 2.45) is 5.92 Å². The lowest BCUT2D eigenvalue weighted by molar-refractivity contribution is 0.0211. The molecule has 1 aromatic heterocycles. The fourth-order valence-electron chi connectivity index (χ4n) is 1.24. The van der Waals surface area contributed by atoms with Gasteiger partial charge in [-0.1, -0.05) is 19.1 Å². The van der Waals surface area contributed by atoms with E-state index < -0.39 is 0 Å². The summed E-state index contributed by atoms with van der Waals surface area (Å²) in [4.78, 5) is 0. The Bertz CT molecular complexity index is 310. The third-order valence-corrected chi connectivity index (χ3v) is 2.08. The van der Waals surface area contributed by atoms with Gasteiger partial charge in [-0.15, -0.1) is 5.10 Å². The SMILES string of the molecule is CC(C)COCCc1cn(COC(C)C)nn1. The van der Waals surface area contributed by atoms with E-state index in [1.165, 1.54) is 0 Å². The minimum absolute atomic E-state index is 0.206. The molecular weight excluding hydrogens is 218 g/mol. The topological polar surface area (TPSA) is 49.2 Å². The molecule has 0 N–H and O–H groups in total. The summed E-state index contributed by atoms with van der Waals surface area (Å²) in [6, 6.07) is 0. The Morgan fingerprint density at radius 2 is 2.06 bits per heavy atom. The number of ether oxygens (including phenoxy) is 2. The predicted molar refractivity (Wildman–Crippen MR) is 65.6 cm³/mol. The van der Waals surface area contributed by atoms with Crippen LogP contribution in [0.25, 0.3) is 0 Å². The predicted octanol–water partition coefficient (Wildman–Crippen LogP) is 1.88. The van der Waals surface area contributed by atoms with E-state index in [4.69, 9.17) is 9.47 Å². The molecule has 5 heteroatoms. The number of aromatic nitrogens is 3. The third kappa shape index (κ3) is 6.38. The van der Waals surface area contributed by atoms with E-state index in [2.05, 4.69) is 24.2 Å². The van der Waals surface area contributed by atoms with Gasteiger partial charge in [0.25, 0.3) is 0 Å². The minimum Gasteiger partial charge on any atom is -0.381 e. The monoisotopic (exact) mass is 241 g/mol. The van der Waals surface area contributed by atoms with Crippen LogP contribution in [0.2, 0.25) is 0 Å². The molecule has 0 unspecified atom stereocenters. The molecule has 0 aromatic carbocycles. The molecule has 0 saturated carbocycles. The quantitative estimate of drug-likeness (QED) is 0.652. The first-order valence-electron chi connectivity index (χ1n) is 6.16. The fourth-order valence-corrected chi connectivity index (χ4v) is 1.24. The van der Waals surface area contributed by atoms with Crippen molar-refractivity contribution in [3.8, 4) is 0 Å². The highest BCUT2D eigenvalue weighted by Gasteiger charge is 2.02. The lowest BCUT2D eigenvalue weighted by atomic mass is 10.2. The molecule has 0 bridgehead atoms. The molecule has 0 saturated heterocycles. The molecule has 17 heavy (non-hydrogen) atoms. The Labute approximate surface area is 103 Å². The van der Waals surface area contributed by atoms with Crippen LogP contribution in [0.4, 0.5) is 0 Å². The van der Waals surface area contributed by atoms with Crippen molar-refractivity contribution < 1.29 is 9.47 Å². The number of hydrogen-bond acceptors (Lipinski definition) is 4. The van der Waals surface area contributed by atoms with Gasteiger partial charge in [0.2, 0.25) is 0 Å². The Hall–Kier alpha value is -0.940. The van der Waals surface area contributed by atoms with E-state index in [-0.39, 0.29) is 6.10 Å². The lowest BCUT2D eigenvalue weighted by Gasteiger charge is -2.06. The van der Waals surface area contributed by atoms with Crippen molar-refractivity contribution in [3.63, 3.8) is 0 Å². The maximum absolute atomic E-state index is 5.50.